The van der Waals surface area contributed by atoms with E-state index in [0.29, 0.717) is 0 Å². The Labute approximate surface area is 73.4 Å². The van der Waals surface area contributed by atoms with Gasteiger partial charge in [0.25, 0.3) is 0 Å². The average molecular weight is 171 g/mol. The van der Waals surface area contributed by atoms with Crippen LogP contribution in [0.3, 0.4) is 0 Å². The minimum atomic E-state index is -0.665. The molecule has 1 aliphatic rings. The lowest BCUT2D eigenvalue weighted by molar-refractivity contribution is -0.154. The summed E-state index contributed by atoms with van der Waals surface area (Å²) in [4.78, 5) is 13.1. The topological polar surface area (TPSA) is 40.5 Å². The fourth-order valence-electron chi connectivity index (χ4n) is 1.87. The molecule has 1 aliphatic heterocycles. The Hall–Kier alpha value is -0.570. The van der Waals surface area contributed by atoms with Crippen LogP contribution in [0.2, 0.25) is 0 Å². The van der Waals surface area contributed by atoms with Gasteiger partial charge in [-0.25, -0.2) is 0 Å². The third-order valence-electron chi connectivity index (χ3n) is 3.28. The molecule has 2 atom stereocenters. The minimum absolute atomic E-state index is 0.142. The van der Waals surface area contributed by atoms with Gasteiger partial charge in [0, 0.05) is 6.04 Å². The van der Waals surface area contributed by atoms with Crippen molar-refractivity contribution in [3.63, 3.8) is 0 Å². The first kappa shape index (κ1) is 9.52. The van der Waals surface area contributed by atoms with Crippen LogP contribution in [0.1, 0.15) is 26.7 Å². The predicted molar refractivity (Wildman–Crippen MR) is 47.1 cm³/mol. The molecule has 0 spiro atoms. The van der Waals surface area contributed by atoms with E-state index in [-0.39, 0.29) is 6.04 Å². The molecule has 0 aromatic carbocycles. The molecule has 12 heavy (non-hydrogen) atoms. The van der Waals surface area contributed by atoms with Crippen molar-refractivity contribution in [2.45, 2.75) is 32.7 Å². The van der Waals surface area contributed by atoms with Gasteiger partial charge in [-0.1, -0.05) is 0 Å². The van der Waals surface area contributed by atoms with E-state index in [1.165, 1.54) is 0 Å². The van der Waals surface area contributed by atoms with Crippen molar-refractivity contribution in [1.29, 1.82) is 0 Å². The number of hydrogen-bond acceptors (Lipinski definition) is 2. The number of carboxylic acids is 1. The highest BCUT2D eigenvalue weighted by atomic mass is 16.4. The summed E-state index contributed by atoms with van der Waals surface area (Å²) in [5.41, 5.74) is -0.549. The lowest BCUT2D eigenvalue weighted by atomic mass is 9.76. The number of aliphatic carboxylic acids is 1. The molecular weight excluding hydrogens is 154 g/mol. The first-order chi connectivity index (χ1) is 5.48. The molecule has 1 rings (SSSR count). The monoisotopic (exact) mass is 171 g/mol. The van der Waals surface area contributed by atoms with E-state index in [1.54, 1.807) is 0 Å². The summed E-state index contributed by atoms with van der Waals surface area (Å²) in [6.45, 7) is 4.85. The molecule has 0 amide bonds. The summed E-state index contributed by atoms with van der Waals surface area (Å²) >= 11 is 0. The zero-order chi connectivity index (χ0) is 9.35. The van der Waals surface area contributed by atoms with Crippen molar-refractivity contribution in [2.75, 3.05) is 13.6 Å². The van der Waals surface area contributed by atoms with Crippen molar-refractivity contribution in [1.82, 2.24) is 4.90 Å². The third kappa shape index (κ3) is 1.33. The van der Waals surface area contributed by atoms with Crippen molar-refractivity contribution in [2.24, 2.45) is 5.41 Å². The molecule has 1 N–H and O–H groups in total. The van der Waals surface area contributed by atoms with Gasteiger partial charge in [-0.2, -0.15) is 0 Å². The summed E-state index contributed by atoms with van der Waals surface area (Å²) in [5, 5.41) is 9.06. The highest BCUT2D eigenvalue weighted by Crippen LogP contribution is 2.34. The van der Waals surface area contributed by atoms with E-state index in [1.807, 2.05) is 20.9 Å². The smallest absolute Gasteiger partial charge is 0.310 e. The number of nitrogens with zero attached hydrogens (tertiary/aromatic N) is 1. The van der Waals surface area contributed by atoms with Crippen LogP contribution in [-0.4, -0.2) is 35.6 Å². The van der Waals surface area contributed by atoms with Crippen molar-refractivity contribution in [3.05, 3.63) is 0 Å². The quantitative estimate of drug-likeness (QED) is 0.644. The molecule has 3 nitrogen and oxygen atoms in total. The number of rotatable bonds is 1. The highest BCUT2D eigenvalue weighted by molar-refractivity contribution is 5.75. The van der Waals surface area contributed by atoms with E-state index >= 15 is 0 Å². The molecule has 0 saturated carbocycles. The molecule has 0 aromatic rings. The van der Waals surface area contributed by atoms with Gasteiger partial charge in [0.15, 0.2) is 0 Å². The van der Waals surface area contributed by atoms with Crippen LogP contribution in [0, 0.1) is 5.41 Å². The Bertz CT molecular complexity index is 193. The largest absolute Gasteiger partial charge is 0.481 e. The molecule has 1 heterocycles. The highest BCUT2D eigenvalue weighted by Gasteiger charge is 2.42. The van der Waals surface area contributed by atoms with Gasteiger partial charge in [0.05, 0.1) is 5.41 Å². The molecule has 2 unspecified atom stereocenters. The second kappa shape index (κ2) is 3.05. The van der Waals surface area contributed by atoms with Crippen LogP contribution in [0.5, 0.6) is 0 Å². The molecule has 0 aromatic heterocycles. The maximum atomic E-state index is 11.0. The van der Waals surface area contributed by atoms with Crippen LogP contribution in [-0.2, 0) is 4.79 Å². The zero-order valence-corrected chi connectivity index (χ0v) is 8.00. The summed E-state index contributed by atoms with van der Waals surface area (Å²) < 4.78 is 0. The van der Waals surface area contributed by atoms with E-state index in [9.17, 15) is 4.79 Å². The normalized spacial score (nSPS) is 38.1. The van der Waals surface area contributed by atoms with Gasteiger partial charge < -0.3 is 10.0 Å². The van der Waals surface area contributed by atoms with Gasteiger partial charge in [0.2, 0.25) is 0 Å². The maximum Gasteiger partial charge on any atom is 0.310 e. The van der Waals surface area contributed by atoms with Crippen LogP contribution in [0.25, 0.3) is 0 Å². The average Bonchev–Trinajstić information content (AvgIpc) is 2.00. The maximum absolute atomic E-state index is 11.0. The SMILES string of the molecule is CC1N(C)CCCC1(C)C(=O)O. The Morgan fingerprint density at radius 1 is 1.67 bits per heavy atom. The second-order valence-corrected chi connectivity index (χ2v) is 3.98. The van der Waals surface area contributed by atoms with Crippen molar-refractivity contribution < 1.29 is 9.90 Å². The predicted octanol–water partition coefficient (Wildman–Crippen LogP) is 1.19. The van der Waals surface area contributed by atoms with Crippen LogP contribution < -0.4 is 0 Å². The standard InChI is InChI=1S/C9H17NO2/c1-7-9(2,8(11)12)5-4-6-10(7)3/h7H,4-6H2,1-3H3,(H,11,12). The molecule has 1 fully saturated rings. The molecule has 70 valence electrons. The Morgan fingerprint density at radius 3 is 2.67 bits per heavy atom. The van der Waals surface area contributed by atoms with Gasteiger partial charge >= 0.3 is 5.97 Å². The molecule has 0 aliphatic carbocycles. The van der Waals surface area contributed by atoms with Crippen molar-refractivity contribution in [3.8, 4) is 0 Å². The molecular formula is C9H17NO2. The lowest BCUT2D eigenvalue weighted by Gasteiger charge is -2.42. The first-order valence-electron chi connectivity index (χ1n) is 4.42. The Kier molecular flexibility index (Phi) is 2.42. The van der Waals surface area contributed by atoms with E-state index in [2.05, 4.69) is 4.90 Å². The first-order valence-corrected chi connectivity index (χ1v) is 4.42. The third-order valence-corrected chi connectivity index (χ3v) is 3.28. The fraction of sp³-hybridized carbons (Fsp3) is 0.889. The lowest BCUT2D eigenvalue weighted by Crippen LogP contribution is -2.51. The van der Waals surface area contributed by atoms with Crippen LogP contribution in [0.4, 0.5) is 0 Å². The Morgan fingerprint density at radius 2 is 2.25 bits per heavy atom. The molecule has 0 bridgehead atoms. The summed E-state index contributed by atoms with van der Waals surface area (Å²) in [6, 6.07) is 0.142. The van der Waals surface area contributed by atoms with Gasteiger partial charge in [-0.15, -0.1) is 0 Å². The fourth-order valence-corrected chi connectivity index (χ4v) is 1.87. The van der Waals surface area contributed by atoms with Crippen molar-refractivity contribution >= 4 is 5.97 Å². The van der Waals surface area contributed by atoms with Gasteiger partial charge in [-0.05, 0) is 40.3 Å². The van der Waals surface area contributed by atoms with E-state index in [4.69, 9.17) is 5.11 Å². The molecule has 1 saturated heterocycles. The number of hydrogen-bond donors (Lipinski definition) is 1. The number of carboxylic acid groups (broad SMARTS) is 1. The molecule has 3 heteroatoms. The zero-order valence-electron chi connectivity index (χ0n) is 8.00. The van der Waals surface area contributed by atoms with Gasteiger partial charge in [-0.3, -0.25) is 4.79 Å². The summed E-state index contributed by atoms with van der Waals surface area (Å²) in [5.74, 6) is -0.665. The van der Waals surface area contributed by atoms with E-state index in [0.717, 1.165) is 19.4 Å². The Balaban J connectivity index is 2.81. The summed E-state index contributed by atoms with van der Waals surface area (Å²) in [7, 11) is 1.99. The number of carbonyl (C=O) groups is 1. The van der Waals surface area contributed by atoms with Crippen LogP contribution >= 0.6 is 0 Å². The van der Waals surface area contributed by atoms with E-state index < -0.39 is 11.4 Å². The minimum Gasteiger partial charge on any atom is -0.481 e. The second-order valence-electron chi connectivity index (χ2n) is 3.98. The summed E-state index contributed by atoms with van der Waals surface area (Å²) in [6.07, 6.45) is 1.79. The molecule has 0 radical (unpaired) electrons. The number of piperidine rings is 1. The number of likely N-dealkylation sites (tertiary alicyclic amines) is 1. The van der Waals surface area contributed by atoms with Gasteiger partial charge in [0.1, 0.15) is 0 Å². The van der Waals surface area contributed by atoms with Crippen LogP contribution in [0.15, 0.2) is 0 Å².